The predicted molar refractivity (Wildman–Crippen MR) is 68.5 cm³/mol. The summed E-state index contributed by atoms with van der Waals surface area (Å²) in [6, 6.07) is 7.28. The van der Waals surface area contributed by atoms with Crippen LogP contribution in [0.25, 0.3) is 16.5 Å². The van der Waals surface area contributed by atoms with Crippen molar-refractivity contribution in [3.63, 3.8) is 0 Å². The second-order valence-electron chi connectivity index (χ2n) is 3.83. The normalized spacial score (nSPS) is 10.3. The molecular weight excluding hydrogens is 198 g/mol. The first-order chi connectivity index (χ1) is 7.61. The molecule has 1 N–H and O–H groups in total. The Morgan fingerprint density at radius 3 is 2.81 bits per heavy atom. The summed E-state index contributed by atoms with van der Waals surface area (Å²) in [6.45, 7) is 9.46. The fraction of sp³-hybridized carbons (Fsp3) is 0.0714. The van der Waals surface area contributed by atoms with Crippen LogP contribution in [-0.4, -0.2) is 4.98 Å². The van der Waals surface area contributed by atoms with E-state index >= 15 is 0 Å². The highest BCUT2D eigenvalue weighted by atomic mass is 16.1. The second-order valence-corrected chi connectivity index (χ2v) is 3.83. The summed E-state index contributed by atoms with van der Waals surface area (Å²) in [5, 5.41) is 0.700. The maximum atomic E-state index is 11.8. The molecule has 2 rings (SSSR count). The topological polar surface area (TPSA) is 32.9 Å². The smallest absolute Gasteiger partial charge is 0.190 e. The number of hydrogen-bond acceptors (Lipinski definition) is 1. The molecule has 0 atom stereocenters. The van der Waals surface area contributed by atoms with Crippen molar-refractivity contribution in [3.8, 4) is 0 Å². The minimum absolute atomic E-state index is 0.00625. The van der Waals surface area contributed by atoms with E-state index in [0.717, 1.165) is 22.3 Å². The maximum Gasteiger partial charge on any atom is 0.190 e. The van der Waals surface area contributed by atoms with Crippen molar-refractivity contribution < 1.29 is 0 Å². The molecule has 0 radical (unpaired) electrons. The van der Waals surface area contributed by atoms with Crippen LogP contribution in [0.15, 0.2) is 48.3 Å². The predicted octanol–water partition coefficient (Wildman–Crippen LogP) is 3.04. The maximum absolute atomic E-state index is 11.8. The molecule has 0 aliphatic rings. The first kappa shape index (κ1) is 10.4. The van der Waals surface area contributed by atoms with Gasteiger partial charge < -0.3 is 4.98 Å². The van der Waals surface area contributed by atoms with Crippen molar-refractivity contribution in [2.75, 3.05) is 0 Å². The fourth-order valence-corrected chi connectivity index (χ4v) is 1.65. The average molecular weight is 211 g/mol. The summed E-state index contributed by atoms with van der Waals surface area (Å²) in [7, 11) is 0. The van der Waals surface area contributed by atoms with E-state index in [1.165, 1.54) is 0 Å². The van der Waals surface area contributed by atoms with E-state index in [-0.39, 0.29) is 5.43 Å². The molecule has 2 heteroatoms. The Morgan fingerprint density at radius 2 is 2.12 bits per heavy atom. The quantitative estimate of drug-likeness (QED) is 0.761. The van der Waals surface area contributed by atoms with Gasteiger partial charge in [-0.1, -0.05) is 25.3 Å². The third-order valence-corrected chi connectivity index (χ3v) is 2.58. The Kier molecular flexibility index (Phi) is 2.49. The van der Waals surface area contributed by atoms with Crippen LogP contribution in [0.3, 0.4) is 0 Å². The average Bonchev–Trinajstić information content (AvgIpc) is 2.27. The zero-order valence-corrected chi connectivity index (χ0v) is 9.21. The van der Waals surface area contributed by atoms with Gasteiger partial charge in [0.25, 0.3) is 0 Å². The molecule has 0 aliphatic heterocycles. The molecule has 2 nitrogen and oxygen atoms in total. The number of nitrogens with one attached hydrogen (secondary N) is 1. The summed E-state index contributed by atoms with van der Waals surface area (Å²) < 4.78 is 0. The molecule has 1 aromatic carbocycles. The Balaban J connectivity index is 2.79. The van der Waals surface area contributed by atoms with Gasteiger partial charge in [-0.25, -0.2) is 0 Å². The van der Waals surface area contributed by atoms with Crippen molar-refractivity contribution in [3.05, 3.63) is 65.0 Å². The van der Waals surface area contributed by atoms with E-state index in [4.69, 9.17) is 0 Å². The standard InChI is InChI=1S/C14H13NO/c1-4-10(3)12-8-14(16)11-6-5-9(2)7-13(11)15-12/h4-8H,1,3H2,2H3,(H,15,16). The minimum atomic E-state index is 0.00625. The van der Waals surface area contributed by atoms with Crippen LogP contribution in [0.4, 0.5) is 0 Å². The third-order valence-electron chi connectivity index (χ3n) is 2.58. The number of fused-ring (bicyclic) bond motifs is 1. The summed E-state index contributed by atoms with van der Waals surface area (Å²) in [5.41, 5.74) is 3.40. The van der Waals surface area contributed by atoms with Gasteiger partial charge in [0.15, 0.2) is 5.43 Å². The summed E-state index contributed by atoms with van der Waals surface area (Å²) in [4.78, 5) is 15.0. The molecule has 80 valence electrons. The monoisotopic (exact) mass is 211 g/mol. The van der Waals surface area contributed by atoms with Crippen molar-refractivity contribution in [1.82, 2.24) is 4.98 Å². The minimum Gasteiger partial charge on any atom is -0.354 e. The van der Waals surface area contributed by atoms with Gasteiger partial charge >= 0.3 is 0 Å². The van der Waals surface area contributed by atoms with E-state index in [2.05, 4.69) is 18.1 Å². The summed E-state index contributed by atoms with van der Waals surface area (Å²) in [6.07, 6.45) is 1.63. The number of benzene rings is 1. The summed E-state index contributed by atoms with van der Waals surface area (Å²) >= 11 is 0. The van der Waals surface area contributed by atoms with Gasteiger partial charge in [-0.2, -0.15) is 0 Å². The van der Waals surface area contributed by atoms with E-state index in [0.29, 0.717) is 5.39 Å². The van der Waals surface area contributed by atoms with Crippen LogP contribution in [-0.2, 0) is 0 Å². The zero-order valence-electron chi connectivity index (χ0n) is 9.21. The highest BCUT2D eigenvalue weighted by molar-refractivity contribution is 5.82. The van der Waals surface area contributed by atoms with Crippen molar-refractivity contribution in [2.24, 2.45) is 0 Å². The Morgan fingerprint density at radius 1 is 1.38 bits per heavy atom. The molecule has 0 saturated heterocycles. The Hall–Kier alpha value is -2.09. The zero-order chi connectivity index (χ0) is 11.7. The largest absolute Gasteiger partial charge is 0.354 e. The van der Waals surface area contributed by atoms with Gasteiger partial charge in [-0.15, -0.1) is 0 Å². The van der Waals surface area contributed by atoms with E-state index < -0.39 is 0 Å². The van der Waals surface area contributed by atoms with Crippen molar-refractivity contribution in [1.29, 1.82) is 0 Å². The molecule has 0 amide bonds. The molecule has 1 heterocycles. The van der Waals surface area contributed by atoms with Gasteiger partial charge in [0.1, 0.15) is 0 Å². The third kappa shape index (κ3) is 1.70. The second kappa shape index (κ2) is 3.81. The van der Waals surface area contributed by atoms with E-state index in [1.807, 2.05) is 25.1 Å². The number of hydrogen-bond donors (Lipinski definition) is 1. The highest BCUT2D eigenvalue weighted by Crippen LogP contribution is 2.14. The van der Waals surface area contributed by atoms with Crippen LogP contribution in [0.1, 0.15) is 11.3 Å². The lowest BCUT2D eigenvalue weighted by atomic mass is 10.1. The first-order valence-corrected chi connectivity index (χ1v) is 5.07. The van der Waals surface area contributed by atoms with Crippen molar-refractivity contribution in [2.45, 2.75) is 6.92 Å². The molecule has 0 saturated carbocycles. The first-order valence-electron chi connectivity index (χ1n) is 5.07. The number of rotatable bonds is 2. The van der Waals surface area contributed by atoms with Crippen LogP contribution in [0, 0.1) is 6.92 Å². The molecule has 2 aromatic rings. The molecule has 0 bridgehead atoms. The number of allylic oxidation sites excluding steroid dienone is 2. The van der Waals surface area contributed by atoms with E-state index in [9.17, 15) is 4.79 Å². The van der Waals surface area contributed by atoms with Gasteiger partial charge in [0.2, 0.25) is 0 Å². The van der Waals surface area contributed by atoms with Gasteiger partial charge in [0, 0.05) is 22.7 Å². The molecule has 16 heavy (non-hydrogen) atoms. The SMILES string of the molecule is C=CC(=C)c1cc(=O)c2ccc(C)cc2[nH]1. The summed E-state index contributed by atoms with van der Waals surface area (Å²) in [5.74, 6) is 0. The molecule has 0 unspecified atom stereocenters. The molecule has 0 spiro atoms. The number of aromatic nitrogens is 1. The Labute approximate surface area is 93.9 Å². The lowest BCUT2D eigenvalue weighted by Crippen LogP contribution is -2.04. The number of pyridine rings is 1. The fourth-order valence-electron chi connectivity index (χ4n) is 1.65. The van der Waals surface area contributed by atoms with Crippen molar-refractivity contribution >= 4 is 16.5 Å². The van der Waals surface area contributed by atoms with Crippen LogP contribution in [0.5, 0.6) is 0 Å². The van der Waals surface area contributed by atoms with Crippen LogP contribution >= 0.6 is 0 Å². The lowest BCUT2D eigenvalue weighted by molar-refractivity contribution is 1.32. The van der Waals surface area contributed by atoms with E-state index in [1.54, 1.807) is 12.1 Å². The van der Waals surface area contributed by atoms with Crippen LogP contribution in [0.2, 0.25) is 0 Å². The van der Waals surface area contributed by atoms with Gasteiger partial charge in [-0.05, 0) is 30.2 Å². The molecule has 1 aromatic heterocycles. The highest BCUT2D eigenvalue weighted by Gasteiger charge is 2.03. The number of aryl methyl sites for hydroxylation is 1. The van der Waals surface area contributed by atoms with Crippen LogP contribution < -0.4 is 5.43 Å². The lowest BCUT2D eigenvalue weighted by Gasteiger charge is -2.04. The molecule has 0 aliphatic carbocycles. The molecule has 0 fully saturated rings. The number of aromatic amines is 1. The van der Waals surface area contributed by atoms with Gasteiger partial charge in [-0.3, -0.25) is 4.79 Å². The van der Waals surface area contributed by atoms with Gasteiger partial charge in [0.05, 0.1) is 0 Å². The Bertz CT molecular complexity index is 635. The number of H-pyrrole nitrogens is 1. The molecular formula is C14H13NO.